The van der Waals surface area contributed by atoms with E-state index in [9.17, 15) is 4.39 Å². The number of benzene rings is 1. The summed E-state index contributed by atoms with van der Waals surface area (Å²) in [4.78, 5) is 11.1. The lowest BCUT2D eigenvalue weighted by Gasteiger charge is -2.30. The maximum absolute atomic E-state index is 13.8. The predicted molar refractivity (Wildman–Crippen MR) is 77.2 cm³/mol. The van der Waals surface area contributed by atoms with Crippen LogP contribution in [0.5, 0.6) is 0 Å². The molecule has 0 saturated carbocycles. The summed E-state index contributed by atoms with van der Waals surface area (Å²) in [5.74, 6) is 0.154. The lowest BCUT2D eigenvalue weighted by atomic mass is 10.2. The van der Waals surface area contributed by atoms with Crippen LogP contribution in [0.2, 0.25) is 0 Å². The van der Waals surface area contributed by atoms with Gasteiger partial charge in [0.1, 0.15) is 5.82 Å². The molecular weight excluding hydrogens is 255 g/mol. The number of hydrogen-bond donors (Lipinski definition) is 1. The van der Waals surface area contributed by atoms with E-state index in [1.165, 1.54) is 6.07 Å². The molecule has 1 aliphatic heterocycles. The molecule has 20 heavy (non-hydrogen) atoms. The number of rotatable bonds is 2. The standard InChI is InChI=1S/C15H17FN4/c1-11-14(20-8-6-17-7-9-20)10-18-15(19-11)12-4-2-3-5-13(12)16/h2-5,10,17H,6-9H2,1H3. The molecule has 1 aromatic carbocycles. The lowest BCUT2D eigenvalue weighted by molar-refractivity contribution is 0.587. The van der Waals surface area contributed by atoms with Gasteiger partial charge in [0.2, 0.25) is 0 Å². The fourth-order valence-electron chi connectivity index (χ4n) is 2.45. The van der Waals surface area contributed by atoms with Crippen molar-refractivity contribution in [3.05, 3.63) is 42.0 Å². The topological polar surface area (TPSA) is 41.1 Å². The van der Waals surface area contributed by atoms with Crippen LogP contribution in [-0.2, 0) is 0 Å². The monoisotopic (exact) mass is 272 g/mol. The van der Waals surface area contributed by atoms with E-state index in [-0.39, 0.29) is 5.82 Å². The van der Waals surface area contributed by atoms with Crippen LogP contribution >= 0.6 is 0 Å². The molecule has 4 nitrogen and oxygen atoms in total. The summed E-state index contributed by atoms with van der Waals surface area (Å²) in [7, 11) is 0. The van der Waals surface area contributed by atoms with E-state index < -0.39 is 0 Å². The minimum Gasteiger partial charge on any atom is -0.366 e. The summed E-state index contributed by atoms with van der Waals surface area (Å²) >= 11 is 0. The molecule has 2 heterocycles. The van der Waals surface area contributed by atoms with Crippen molar-refractivity contribution >= 4 is 5.69 Å². The Morgan fingerprint density at radius 1 is 1.20 bits per heavy atom. The van der Waals surface area contributed by atoms with Gasteiger partial charge < -0.3 is 10.2 Å². The average molecular weight is 272 g/mol. The third-order valence-electron chi connectivity index (χ3n) is 3.53. The van der Waals surface area contributed by atoms with E-state index in [1.807, 2.05) is 6.92 Å². The predicted octanol–water partition coefficient (Wildman–Crippen LogP) is 2.00. The number of hydrogen-bond acceptors (Lipinski definition) is 4. The second-order valence-electron chi connectivity index (χ2n) is 4.88. The quantitative estimate of drug-likeness (QED) is 0.908. The first kappa shape index (κ1) is 13.0. The van der Waals surface area contributed by atoms with Gasteiger partial charge in [-0.25, -0.2) is 14.4 Å². The van der Waals surface area contributed by atoms with Crippen LogP contribution in [0, 0.1) is 12.7 Å². The summed E-state index contributed by atoms with van der Waals surface area (Å²) in [6, 6.07) is 6.59. The van der Waals surface area contributed by atoms with Gasteiger partial charge >= 0.3 is 0 Å². The molecule has 1 fully saturated rings. The van der Waals surface area contributed by atoms with Gasteiger partial charge in [0.15, 0.2) is 5.82 Å². The van der Waals surface area contributed by atoms with Crippen molar-refractivity contribution in [2.45, 2.75) is 6.92 Å². The Hall–Kier alpha value is -2.01. The lowest BCUT2D eigenvalue weighted by Crippen LogP contribution is -2.43. The van der Waals surface area contributed by atoms with Gasteiger partial charge in [-0.2, -0.15) is 0 Å². The minimum atomic E-state index is -0.290. The van der Waals surface area contributed by atoms with Crippen LogP contribution in [-0.4, -0.2) is 36.1 Å². The number of piperazine rings is 1. The molecule has 5 heteroatoms. The summed E-state index contributed by atoms with van der Waals surface area (Å²) in [6.07, 6.45) is 1.80. The van der Waals surface area contributed by atoms with Crippen LogP contribution < -0.4 is 10.2 Å². The Labute approximate surface area is 117 Å². The normalized spacial score (nSPS) is 15.4. The second-order valence-corrected chi connectivity index (χ2v) is 4.88. The fourth-order valence-corrected chi connectivity index (χ4v) is 2.45. The van der Waals surface area contributed by atoms with Crippen molar-refractivity contribution in [3.63, 3.8) is 0 Å². The molecule has 1 saturated heterocycles. The summed E-state index contributed by atoms with van der Waals surface area (Å²) < 4.78 is 13.8. The molecule has 1 aliphatic rings. The first-order valence-electron chi connectivity index (χ1n) is 6.80. The van der Waals surface area contributed by atoms with Gasteiger partial charge in [0.05, 0.1) is 23.1 Å². The van der Waals surface area contributed by atoms with Crippen molar-refractivity contribution in [2.24, 2.45) is 0 Å². The first-order valence-corrected chi connectivity index (χ1v) is 6.80. The van der Waals surface area contributed by atoms with E-state index in [0.717, 1.165) is 37.6 Å². The third kappa shape index (κ3) is 2.49. The molecule has 2 aromatic rings. The highest BCUT2D eigenvalue weighted by molar-refractivity contribution is 5.59. The van der Waals surface area contributed by atoms with Crippen molar-refractivity contribution < 1.29 is 4.39 Å². The number of anilines is 1. The van der Waals surface area contributed by atoms with Gasteiger partial charge in [-0.05, 0) is 19.1 Å². The van der Waals surface area contributed by atoms with Crippen LogP contribution in [0.25, 0.3) is 11.4 Å². The summed E-state index contributed by atoms with van der Waals surface area (Å²) in [5.41, 5.74) is 2.37. The highest BCUT2D eigenvalue weighted by atomic mass is 19.1. The van der Waals surface area contributed by atoms with Crippen molar-refractivity contribution in [3.8, 4) is 11.4 Å². The molecule has 0 aliphatic carbocycles. The third-order valence-corrected chi connectivity index (χ3v) is 3.53. The average Bonchev–Trinajstić information content (AvgIpc) is 2.48. The largest absolute Gasteiger partial charge is 0.366 e. The Balaban J connectivity index is 1.93. The number of aryl methyl sites for hydroxylation is 1. The summed E-state index contributed by atoms with van der Waals surface area (Å²) in [5, 5.41) is 3.32. The zero-order valence-corrected chi connectivity index (χ0v) is 11.4. The van der Waals surface area contributed by atoms with E-state index in [1.54, 1.807) is 24.4 Å². The van der Waals surface area contributed by atoms with Crippen molar-refractivity contribution in [2.75, 3.05) is 31.1 Å². The number of halogens is 1. The van der Waals surface area contributed by atoms with E-state index in [4.69, 9.17) is 0 Å². The van der Waals surface area contributed by atoms with Gasteiger partial charge in [-0.15, -0.1) is 0 Å². The van der Waals surface area contributed by atoms with Crippen LogP contribution in [0.15, 0.2) is 30.5 Å². The fraction of sp³-hybridized carbons (Fsp3) is 0.333. The Bertz CT molecular complexity index is 609. The van der Waals surface area contributed by atoms with Gasteiger partial charge in [-0.1, -0.05) is 12.1 Å². The van der Waals surface area contributed by atoms with E-state index in [2.05, 4.69) is 20.2 Å². The molecule has 0 radical (unpaired) electrons. The zero-order chi connectivity index (χ0) is 13.9. The van der Waals surface area contributed by atoms with Crippen LogP contribution in [0.1, 0.15) is 5.69 Å². The number of nitrogens with one attached hydrogen (secondary N) is 1. The minimum absolute atomic E-state index is 0.290. The molecule has 3 rings (SSSR count). The SMILES string of the molecule is Cc1nc(-c2ccccc2F)ncc1N1CCNCC1. The highest BCUT2D eigenvalue weighted by Crippen LogP contribution is 2.23. The molecule has 1 aromatic heterocycles. The second kappa shape index (κ2) is 5.54. The summed E-state index contributed by atoms with van der Waals surface area (Å²) in [6.45, 7) is 5.78. The molecule has 0 amide bonds. The van der Waals surface area contributed by atoms with Crippen molar-refractivity contribution in [1.29, 1.82) is 0 Å². The number of nitrogens with zero attached hydrogens (tertiary/aromatic N) is 3. The molecule has 0 atom stereocenters. The Morgan fingerprint density at radius 2 is 1.95 bits per heavy atom. The smallest absolute Gasteiger partial charge is 0.162 e. The Kier molecular flexibility index (Phi) is 3.60. The maximum atomic E-state index is 13.8. The maximum Gasteiger partial charge on any atom is 0.162 e. The van der Waals surface area contributed by atoms with E-state index in [0.29, 0.717) is 11.4 Å². The molecule has 0 unspecified atom stereocenters. The van der Waals surface area contributed by atoms with Gasteiger partial charge in [0.25, 0.3) is 0 Å². The first-order chi connectivity index (χ1) is 9.75. The van der Waals surface area contributed by atoms with Gasteiger partial charge in [0, 0.05) is 26.2 Å². The van der Waals surface area contributed by atoms with E-state index >= 15 is 0 Å². The van der Waals surface area contributed by atoms with Gasteiger partial charge in [-0.3, -0.25) is 0 Å². The van der Waals surface area contributed by atoms with Crippen LogP contribution in [0.4, 0.5) is 10.1 Å². The highest BCUT2D eigenvalue weighted by Gasteiger charge is 2.15. The van der Waals surface area contributed by atoms with Crippen LogP contribution in [0.3, 0.4) is 0 Å². The molecule has 0 spiro atoms. The Morgan fingerprint density at radius 3 is 2.65 bits per heavy atom. The molecule has 104 valence electrons. The molecule has 0 bridgehead atoms. The van der Waals surface area contributed by atoms with Crippen molar-refractivity contribution in [1.82, 2.24) is 15.3 Å². The molecule has 1 N–H and O–H groups in total. The zero-order valence-electron chi connectivity index (χ0n) is 11.4. The number of aromatic nitrogens is 2. The molecular formula is C15H17FN4.